The van der Waals surface area contributed by atoms with E-state index in [1.807, 2.05) is 12.3 Å². The maximum Gasteiger partial charge on any atom is 0.193 e. The van der Waals surface area contributed by atoms with Crippen molar-refractivity contribution in [1.29, 1.82) is 0 Å². The highest BCUT2D eigenvalue weighted by Gasteiger charge is 2.26. The molecular formula is C25H30N4O. The molecule has 4 rings (SSSR count). The molecule has 1 aliphatic heterocycles. The molecule has 0 bridgehead atoms. The van der Waals surface area contributed by atoms with Crippen molar-refractivity contribution in [2.24, 2.45) is 4.99 Å². The average Bonchev–Trinajstić information content (AvgIpc) is 3.29. The van der Waals surface area contributed by atoms with Crippen LogP contribution in [0.4, 0.5) is 0 Å². The molecule has 1 aliphatic rings. The zero-order chi connectivity index (χ0) is 20.8. The van der Waals surface area contributed by atoms with Crippen LogP contribution in [0.25, 0.3) is 10.9 Å². The first kappa shape index (κ1) is 20.2. The largest absolute Gasteiger partial charge is 0.497 e. The van der Waals surface area contributed by atoms with E-state index < -0.39 is 0 Å². The summed E-state index contributed by atoms with van der Waals surface area (Å²) in [5.74, 6) is 2.45. The zero-order valence-corrected chi connectivity index (χ0v) is 17.8. The van der Waals surface area contributed by atoms with E-state index in [-0.39, 0.29) is 0 Å². The maximum atomic E-state index is 5.29. The molecule has 0 aliphatic carbocycles. The summed E-state index contributed by atoms with van der Waals surface area (Å²) in [5, 5.41) is 4.67. The second-order valence-electron chi connectivity index (χ2n) is 7.68. The van der Waals surface area contributed by atoms with Crippen LogP contribution >= 0.6 is 0 Å². The molecule has 5 nitrogen and oxygen atoms in total. The lowest BCUT2D eigenvalue weighted by molar-refractivity contribution is 0.414. The van der Waals surface area contributed by atoms with Gasteiger partial charge >= 0.3 is 0 Å². The van der Waals surface area contributed by atoms with Crippen molar-refractivity contribution < 1.29 is 4.74 Å². The number of para-hydroxylation sites is 1. The fourth-order valence-corrected chi connectivity index (χ4v) is 4.18. The number of likely N-dealkylation sites (tertiary alicyclic amines) is 1. The highest BCUT2D eigenvalue weighted by atomic mass is 16.5. The molecule has 1 fully saturated rings. The van der Waals surface area contributed by atoms with Gasteiger partial charge in [-0.25, -0.2) is 0 Å². The third-order valence-electron chi connectivity index (χ3n) is 5.77. The first-order valence-electron chi connectivity index (χ1n) is 10.8. The van der Waals surface area contributed by atoms with Gasteiger partial charge in [0.1, 0.15) is 5.75 Å². The van der Waals surface area contributed by atoms with Gasteiger partial charge in [-0.15, -0.1) is 0 Å². The number of fused-ring (bicyclic) bond motifs is 1. The summed E-state index contributed by atoms with van der Waals surface area (Å²) in [5.41, 5.74) is 3.71. The number of guanidine groups is 1. The lowest BCUT2D eigenvalue weighted by Gasteiger charge is -2.22. The van der Waals surface area contributed by atoms with Crippen molar-refractivity contribution in [2.45, 2.75) is 25.7 Å². The van der Waals surface area contributed by atoms with Gasteiger partial charge in [0.05, 0.1) is 12.6 Å². The summed E-state index contributed by atoms with van der Waals surface area (Å²) >= 11 is 0. The van der Waals surface area contributed by atoms with Gasteiger partial charge in [-0.1, -0.05) is 36.4 Å². The number of hydrogen-bond acceptors (Lipinski definition) is 3. The minimum atomic E-state index is 0.530. The van der Waals surface area contributed by atoms with Gasteiger partial charge in [-0.2, -0.15) is 0 Å². The fraction of sp³-hybridized carbons (Fsp3) is 0.360. The number of benzene rings is 2. The molecule has 2 aromatic carbocycles. The van der Waals surface area contributed by atoms with E-state index in [1.165, 1.54) is 16.5 Å². The third-order valence-corrected chi connectivity index (χ3v) is 5.77. The summed E-state index contributed by atoms with van der Waals surface area (Å²) < 4.78 is 5.29. The van der Waals surface area contributed by atoms with Crippen molar-refractivity contribution in [2.75, 3.05) is 33.3 Å². The number of aromatic nitrogens is 1. The third kappa shape index (κ3) is 4.56. The van der Waals surface area contributed by atoms with Crippen LogP contribution < -0.4 is 10.1 Å². The Hall–Kier alpha value is -3.08. The van der Waals surface area contributed by atoms with Gasteiger partial charge in [0, 0.05) is 43.7 Å². The van der Waals surface area contributed by atoms with Crippen LogP contribution in [0.5, 0.6) is 5.75 Å². The number of nitrogens with one attached hydrogen (secondary N) is 1. The zero-order valence-electron chi connectivity index (χ0n) is 17.8. The lowest BCUT2D eigenvalue weighted by Crippen LogP contribution is -2.40. The topological polar surface area (TPSA) is 49.8 Å². The van der Waals surface area contributed by atoms with Gasteiger partial charge in [-0.3, -0.25) is 9.98 Å². The fourth-order valence-electron chi connectivity index (χ4n) is 4.18. The summed E-state index contributed by atoms with van der Waals surface area (Å²) in [7, 11) is 1.71. The van der Waals surface area contributed by atoms with E-state index in [0.29, 0.717) is 5.92 Å². The summed E-state index contributed by atoms with van der Waals surface area (Å²) in [6.45, 7) is 5.77. The normalized spacial score (nSPS) is 16.8. The molecule has 1 atom stereocenters. The first-order chi connectivity index (χ1) is 14.8. The van der Waals surface area contributed by atoms with Crippen LogP contribution in [0, 0.1) is 0 Å². The highest BCUT2D eigenvalue weighted by molar-refractivity contribution is 5.82. The predicted molar refractivity (Wildman–Crippen MR) is 123 cm³/mol. The molecule has 3 aromatic rings. The van der Waals surface area contributed by atoms with E-state index in [1.54, 1.807) is 7.11 Å². The lowest BCUT2D eigenvalue weighted by atomic mass is 9.98. The molecule has 1 N–H and O–H groups in total. The maximum absolute atomic E-state index is 5.29. The number of hydrogen-bond donors (Lipinski definition) is 1. The second-order valence-corrected chi connectivity index (χ2v) is 7.68. The monoisotopic (exact) mass is 402 g/mol. The Morgan fingerprint density at radius 2 is 2.00 bits per heavy atom. The molecule has 2 heterocycles. The van der Waals surface area contributed by atoms with Gasteiger partial charge in [0.2, 0.25) is 0 Å². The molecule has 0 spiro atoms. The van der Waals surface area contributed by atoms with Gasteiger partial charge < -0.3 is 15.0 Å². The van der Waals surface area contributed by atoms with Crippen LogP contribution in [0.2, 0.25) is 0 Å². The van der Waals surface area contributed by atoms with Crippen LogP contribution in [0.1, 0.15) is 30.4 Å². The molecule has 1 aromatic heterocycles. The molecule has 1 saturated heterocycles. The Kier molecular flexibility index (Phi) is 6.47. The average molecular weight is 403 g/mol. The number of rotatable bonds is 6. The van der Waals surface area contributed by atoms with E-state index in [2.05, 4.69) is 70.7 Å². The predicted octanol–water partition coefficient (Wildman–Crippen LogP) is 4.24. The molecule has 1 unspecified atom stereocenters. The number of aliphatic imine (C=N–C) groups is 1. The standard InChI is InChI=1S/C25H30N4O/c1-3-26-25(28-16-13-21-7-4-6-20-8-5-15-27-24(20)21)29-17-14-22(18-29)19-9-11-23(30-2)12-10-19/h4-12,15,22H,3,13-14,16-18H2,1-2H3,(H,26,28). The Labute approximate surface area is 178 Å². The molecule has 0 amide bonds. The van der Waals surface area contributed by atoms with Crippen molar-refractivity contribution in [3.8, 4) is 5.75 Å². The minimum Gasteiger partial charge on any atom is -0.497 e. The highest BCUT2D eigenvalue weighted by Crippen LogP contribution is 2.28. The Bertz CT molecular complexity index is 994. The van der Waals surface area contributed by atoms with Crippen molar-refractivity contribution >= 4 is 16.9 Å². The summed E-state index contributed by atoms with van der Waals surface area (Å²) in [4.78, 5) is 11.9. The van der Waals surface area contributed by atoms with Gasteiger partial charge in [0.25, 0.3) is 0 Å². The van der Waals surface area contributed by atoms with Crippen molar-refractivity contribution in [3.05, 3.63) is 71.9 Å². The summed E-state index contributed by atoms with van der Waals surface area (Å²) in [6.07, 6.45) is 3.89. The Balaban J connectivity index is 1.42. The van der Waals surface area contributed by atoms with E-state index in [4.69, 9.17) is 9.73 Å². The number of pyridine rings is 1. The smallest absolute Gasteiger partial charge is 0.193 e. The van der Waals surface area contributed by atoms with E-state index >= 15 is 0 Å². The summed E-state index contributed by atoms with van der Waals surface area (Å²) in [6, 6.07) is 19.0. The molecule has 0 saturated carbocycles. The SMILES string of the molecule is CCNC(=NCCc1cccc2cccnc12)N1CCC(c2ccc(OC)cc2)C1. The molecule has 0 radical (unpaired) electrons. The first-order valence-corrected chi connectivity index (χ1v) is 10.8. The Morgan fingerprint density at radius 1 is 1.17 bits per heavy atom. The quantitative estimate of drug-likeness (QED) is 0.495. The number of ether oxygens (including phenoxy) is 1. The molecule has 156 valence electrons. The Morgan fingerprint density at radius 3 is 2.80 bits per heavy atom. The number of nitrogens with zero attached hydrogens (tertiary/aromatic N) is 3. The minimum absolute atomic E-state index is 0.530. The van der Waals surface area contributed by atoms with Crippen LogP contribution in [0.3, 0.4) is 0 Å². The van der Waals surface area contributed by atoms with E-state index in [0.717, 1.165) is 56.2 Å². The van der Waals surface area contributed by atoms with Gasteiger partial charge in [0.15, 0.2) is 5.96 Å². The van der Waals surface area contributed by atoms with Crippen LogP contribution in [-0.2, 0) is 6.42 Å². The van der Waals surface area contributed by atoms with Crippen molar-refractivity contribution in [1.82, 2.24) is 15.2 Å². The van der Waals surface area contributed by atoms with E-state index in [9.17, 15) is 0 Å². The molecule has 30 heavy (non-hydrogen) atoms. The molecular weight excluding hydrogens is 372 g/mol. The molecule has 5 heteroatoms. The van der Waals surface area contributed by atoms with Crippen LogP contribution in [-0.4, -0.2) is 49.1 Å². The van der Waals surface area contributed by atoms with Crippen molar-refractivity contribution in [3.63, 3.8) is 0 Å². The second kappa shape index (κ2) is 9.61. The number of methoxy groups -OCH3 is 1. The van der Waals surface area contributed by atoms with Gasteiger partial charge in [-0.05, 0) is 49.1 Å². The van der Waals surface area contributed by atoms with Crippen LogP contribution in [0.15, 0.2) is 65.8 Å².